The van der Waals surface area contributed by atoms with E-state index in [0.29, 0.717) is 12.8 Å². The van der Waals surface area contributed by atoms with Gasteiger partial charge in [-0.05, 0) is 57.8 Å². The molecule has 0 bridgehead atoms. The van der Waals surface area contributed by atoms with Gasteiger partial charge in [0.15, 0.2) is 0 Å². The summed E-state index contributed by atoms with van der Waals surface area (Å²) in [5.41, 5.74) is 0. The van der Waals surface area contributed by atoms with Crippen LogP contribution in [-0.2, 0) is 27.9 Å². The van der Waals surface area contributed by atoms with Crippen molar-refractivity contribution in [3.63, 3.8) is 0 Å². The number of allylic oxidation sites excluding steroid dienone is 8. The summed E-state index contributed by atoms with van der Waals surface area (Å²) < 4.78 is 26.9. The predicted octanol–water partition coefficient (Wildman–Crippen LogP) is 13.9. The van der Waals surface area contributed by atoms with Gasteiger partial charge in [0, 0.05) is 19.4 Å². The van der Waals surface area contributed by atoms with Crippen molar-refractivity contribution in [1.29, 1.82) is 0 Å². The van der Waals surface area contributed by atoms with Crippen LogP contribution in [0.2, 0.25) is 0 Å². The van der Waals surface area contributed by atoms with Crippen LogP contribution >= 0.6 is 7.82 Å². The highest BCUT2D eigenvalue weighted by Crippen LogP contribution is 2.42. The number of rotatable bonds is 45. The van der Waals surface area contributed by atoms with Gasteiger partial charge in [-0.1, -0.05) is 197 Å². The summed E-state index contributed by atoms with van der Waals surface area (Å²) in [5, 5.41) is 12.7. The highest BCUT2D eigenvalue weighted by molar-refractivity contribution is 7.47. The zero-order valence-corrected chi connectivity index (χ0v) is 38.8. The van der Waals surface area contributed by atoms with Crippen LogP contribution in [-0.4, -0.2) is 54.3 Å². The first kappa shape index (κ1) is 57.0. The SMILES string of the molecule is CCCCC/C=C\C/C=C\C/C=C\C/C=C\CCCCCC(=O)OCC(O)COP(=O)(O)OCCNC(=O)CCCCCCCCCCCCCCCCCCCCC. The molecule has 0 aliphatic heterocycles. The van der Waals surface area contributed by atoms with Crippen molar-refractivity contribution in [1.82, 2.24) is 5.32 Å². The molecule has 0 aliphatic rings. The number of aliphatic hydroxyl groups is 1. The van der Waals surface area contributed by atoms with Crippen molar-refractivity contribution in [2.24, 2.45) is 0 Å². The molecular formula is C49H90NO8P. The number of hydrogen-bond donors (Lipinski definition) is 3. The molecule has 0 radical (unpaired) electrons. The number of nitrogens with one attached hydrogen (secondary N) is 1. The number of esters is 1. The maximum Gasteiger partial charge on any atom is 0.472 e. The highest BCUT2D eigenvalue weighted by Gasteiger charge is 2.23. The van der Waals surface area contributed by atoms with Crippen LogP contribution in [0, 0.1) is 0 Å². The lowest BCUT2D eigenvalue weighted by molar-refractivity contribution is -0.147. The van der Waals surface area contributed by atoms with Crippen LogP contribution < -0.4 is 5.32 Å². The second kappa shape index (κ2) is 45.5. The molecule has 2 unspecified atom stereocenters. The minimum absolute atomic E-state index is 0.0790. The third-order valence-electron chi connectivity index (χ3n) is 10.3. The number of phosphoric acid groups is 1. The summed E-state index contributed by atoms with van der Waals surface area (Å²) in [5.74, 6) is -0.542. The van der Waals surface area contributed by atoms with Gasteiger partial charge < -0.3 is 20.1 Å². The minimum Gasteiger partial charge on any atom is -0.463 e. The van der Waals surface area contributed by atoms with E-state index in [9.17, 15) is 24.2 Å². The molecule has 3 N–H and O–H groups in total. The Balaban J connectivity index is 3.61. The van der Waals surface area contributed by atoms with Crippen molar-refractivity contribution in [3.8, 4) is 0 Å². The fourth-order valence-electron chi connectivity index (χ4n) is 6.60. The Labute approximate surface area is 362 Å². The van der Waals surface area contributed by atoms with E-state index in [1.54, 1.807) is 0 Å². The summed E-state index contributed by atoms with van der Waals surface area (Å²) in [6.45, 7) is 3.51. The Morgan fingerprint density at radius 3 is 1.41 bits per heavy atom. The molecule has 0 rings (SSSR count). The Bertz CT molecular complexity index is 1110. The van der Waals surface area contributed by atoms with Crippen LogP contribution in [0.3, 0.4) is 0 Å². The van der Waals surface area contributed by atoms with E-state index in [-0.39, 0.29) is 32.1 Å². The van der Waals surface area contributed by atoms with Gasteiger partial charge in [-0.2, -0.15) is 0 Å². The second-order valence-corrected chi connectivity index (χ2v) is 17.5. The number of carbonyl (C=O) groups excluding carboxylic acids is 2. The van der Waals surface area contributed by atoms with Crippen LogP contribution in [0.4, 0.5) is 0 Å². The van der Waals surface area contributed by atoms with E-state index in [1.807, 2.05) is 0 Å². The number of aliphatic hydroxyl groups excluding tert-OH is 1. The molecule has 0 heterocycles. The molecule has 344 valence electrons. The predicted molar refractivity (Wildman–Crippen MR) is 247 cm³/mol. The van der Waals surface area contributed by atoms with E-state index in [1.165, 1.54) is 128 Å². The molecule has 0 saturated heterocycles. The van der Waals surface area contributed by atoms with Gasteiger partial charge in [-0.25, -0.2) is 4.57 Å². The minimum atomic E-state index is -4.43. The topological polar surface area (TPSA) is 131 Å². The number of ether oxygens (including phenoxy) is 1. The Morgan fingerprint density at radius 2 is 0.915 bits per heavy atom. The van der Waals surface area contributed by atoms with Gasteiger partial charge in [0.1, 0.15) is 12.7 Å². The van der Waals surface area contributed by atoms with Gasteiger partial charge in [0.05, 0.1) is 13.2 Å². The monoisotopic (exact) mass is 852 g/mol. The van der Waals surface area contributed by atoms with Gasteiger partial charge in [0.2, 0.25) is 5.91 Å². The van der Waals surface area contributed by atoms with E-state index in [2.05, 4.69) is 67.8 Å². The smallest absolute Gasteiger partial charge is 0.463 e. The molecule has 0 fully saturated rings. The summed E-state index contributed by atoms with van der Waals surface area (Å²) >= 11 is 0. The number of amides is 1. The number of phosphoric ester groups is 1. The molecule has 10 heteroatoms. The van der Waals surface area contributed by atoms with E-state index >= 15 is 0 Å². The lowest BCUT2D eigenvalue weighted by Crippen LogP contribution is -2.27. The van der Waals surface area contributed by atoms with Crippen molar-refractivity contribution in [2.45, 2.75) is 225 Å². The molecule has 1 amide bonds. The van der Waals surface area contributed by atoms with Gasteiger partial charge in [0.25, 0.3) is 0 Å². The van der Waals surface area contributed by atoms with Gasteiger partial charge in [-0.3, -0.25) is 18.6 Å². The first-order valence-corrected chi connectivity index (χ1v) is 25.6. The molecule has 0 spiro atoms. The van der Waals surface area contributed by atoms with Gasteiger partial charge >= 0.3 is 13.8 Å². The number of hydrogen-bond acceptors (Lipinski definition) is 7. The zero-order valence-electron chi connectivity index (χ0n) is 37.9. The third-order valence-corrected chi connectivity index (χ3v) is 11.2. The molecular weight excluding hydrogens is 762 g/mol. The molecule has 0 aromatic heterocycles. The zero-order chi connectivity index (χ0) is 43.2. The normalized spacial score (nSPS) is 13.6. The van der Waals surface area contributed by atoms with E-state index in [0.717, 1.165) is 57.8 Å². The molecule has 2 atom stereocenters. The van der Waals surface area contributed by atoms with Crippen molar-refractivity contribution in [3.05, 3.63) is 48.6 Å². The van der Waals surface area contributed by atoms with E-state index < -0.39 is 26.5 Å². The summed E-state index contributed by atoms with van der Waals surface area (Å²) in [6, 6.07) is 0. The van der Waals surface area contributed by atoms with Crippen molar-refractivity contribution >= 4 is 19.7 Å². The molecule has 0 aliphatic carbocycles. The fraction of sp³-hybridized carbons (Fsp3) is 0.796. The standard InChI is InChI=1S/C49H90NO8P/c1-3-5-7-9-11-13-15-17-19-21-23-25-27-29-31-33-35-37-39-41-48(52)50-43-44-57-59(54,55)58-46-47(51)45-56-49(53)42-40-38-36-34-32-30-28-26-24-22-20-18-16-14-12-10-8-6-4-2/h12,14,18,20,24,26,30,32,47,51H,3-11,13,15-17,19,21-23,25,27-29,31,33-46H2,1-2H3,(H,50,52)(H,54,55)/b14-12-,20-18-,26-24-,32-30-. The van der Waals surface area contributed by atoms with Gasteiger partial charge in [-0.15, -0.1) is 0 Å². The Hall–Kier alpha value is -2.03. The molecule has 59 heavy (non-hydrogen) atoms. The number of carbonyl (C=O) groups is 2. The van der Waals surface area contributed by atoms with Crippen molar-refractivity contribution < 1.29 is 37.9 Å². The van der Waals surface area contributed by atoms with E-state index in [4.69, 9.17) is 13.8 Å². The second-order valence-electron chi connectivity index (χ2n) is 16.1. The molecule has 0 saturated carbocycles. The van der Waals surface area contributed by atoms with Crippen LogP contribution in [0.25, 0.3) is 0 Å². The van der Waals surface area contributed by atoms with Crippen LogP contribution in [0.15, 0.2) is 48.6 Å². The molecule has 0 aromatic rings. The quantitative estimate of drug-likeness (QED) is 0.0239. The first-order valence-electron chi connectivity index (χ1n) is 24.1. The molecule has 9 nitrogen and oxygen atoms in total. The average molecular weight is 852 g/mol. The van der Waals surface area contributed by atoms with Crippen molar-refractivity contribution in [2.75, 3.05) is 26.4 Å². The summed E-state index contributed by atoms with van der Waals surface area (Å²) in [6.07, 6.45) is 53.3. The lowest BCUT2D eigenvalue weighted by atomic mass is 10.0. The van der Waals surface area contributed by atoms with Crippen LogP contribution in [0.5, 0.6) is 0 Å². The highest BCUT2D eigenvalue weighted by atomic mass is 31.2. The maximum absolute atomic E-state index is 12.1. The maximum atomic E-state index is 12.1. The third kappa shape index (κ3) is 46.9. The fourth-order valence-corrected chi connectivity index (χ4v) is 7.36. The molecule has 0 aromatic carbocycles. The average Bonchev–Trinajstić information content (AvgIpc) is 3.22. The number of unbranched alkanes of at least 4 members (excludes halogenated alkanes) is 24. The Morgan fingerprint density at radius 1 is 0.525 bits per heavy atom. The summed E-state index contributed by atoms with van der Waals surface area (Å²) in [4.78, 5) is 34.0. The largest absolute Gasteiger partial charge is 0.472 e. The Kier molecular flexibility index (Phi) is 43.9. The lowest BCUT2D eigenvalue weighted by Gasteiger charge is -2.15. The first-order chi connectivity index (χ1) is 28.8. The summed E-state index contributed by atoms with van der Waals surface area (Å²) in [7, 11) is -4.43. The van der Waals surface area contributed by atoms with Crippen LogP contribution in [0.1, 0.15) is 219 Å².